The van der Waals surface area contributed by atoms with Crippen molar-refractivity contribution in [2.45, 2.75) is 6.54 Å². The Bertz CT molecular complexity index is 450. The highest BCUT2D eigenvalue weighted by Gasteiger charge is 2.07. The number of carbonyl (C=O) groups is 1. The Morgan fingerprint density at radius 1 is 1.67 bits per heavy atom. The van der Waals surface area contributed by atoms with Crippen molar-refractivity contribution < 1.29 is 9.32 Å². The minimum absolute atomic E-state index is 0.183. The van der Waals surface area contributed by atoms with Gasteiger partial charge >= 0.3 is 0 Å². The van der Waals surface area contributed by atoms with Gasteiger partial charge in [-0.2, -0.15) is 0 Å². The minimum Gasteiger partial charge on any atom is -0.360 e. The molecule has 2 rings (SSSR count). The second-order valence-electron chi connectivity index (χ2n) is 2.89. The molecule has 6 heteroatoms. The average Bonchev–Trinajstić information content (AvgIpc) is 2.84. The van der Waals surface area contributed by atoms with E-state index in [1.807, 2.05) is 0 Å². The molecule has 0 fully saturated rings. The Balaban J connectivity index is 1.93. The lowest BCUT2D eigenvalue weighted by Crippen LogP contribution is -2.22. The number of carbonyl (C=O) groups excluding carboxylic acids is 1. The average molecular weight is 270 g/mol. The number of hydrogen-bond donors (Lipinski definition) is 2. The fourth-order valence-corrected chi connectivity index (χ4v) is 1.44. The Morgan fingerprint density at radius 2 is 2.53 bits per heavy atom. The second kappa shape index (κ2) is 4.31. The molecule has 0 atom stereocenters. The number of halogens is 1. The Morgan fingerprint density at radius 3 is 3.13 bits per heavy atom. The summed E-state index contributed by atoms with van der Waals surface area (Å²) in [5.74, 6) is 0.436. The fourth-order valence-electron chi connectivity index (χ4n) is 1.09. The molecule has 0 radical (unpaired) electrons. The largest absolute Gasteiger partial charge is 0.360 e. The summed E-state index contributed by atoms with van der Waals surface area (Å²) in [6.07, 6.45) is 3.23. The van der Waals surface area contributed by atoms with E-state index < -0.39 is 0 Å². The van der Waals surface area contributed by atoms with Crippen LogP contribution in [-0.2, 0) is 6.54 Å². The Hall–Kier alpha value is -1.56. The third kappa shape index (κ3) is 2.47. The maximum absolute atomic E-state index is 11.5. The highest BCUT2D eigenvalue weighted by atomic mass is 79.9. The smallest absolute Gasteiger partial charge is 0.268 e. The van der Waals surface area contributed by atoms with Gasteiger partial charge in [-0.25, -0.2) is 0 Å². The van der Waals surface area contributed by atoms with E-state index in [1.54, 1.807) is 18.3 Å². The van der Waals surface area contributed by atoms with Crippen LogP contribution in [0, 0.1) is 0 Å². The van der Waals surface area contributed by atoms with Crippen LogP contribution in [0.2, 0.25) is 0 Å². The standard InChI is InChI=1S/C9H8BrN3O2/c10-6-3-8(11-4-6)9(14)12-5-7-1-2-13-15-7/h1-4,11H,5H2,(H,12,14). The summed E-state index contributed by atoms with van der Waals surface area (Å²) >= 11 is 3.25. The lowest BCUT2D eigenvalue weighted by molar-refractivity contribution is 0.0942. The van der Waals surface area contributed by atoms with E-state index in [0.29, 0.717) is 18.0 Å². The molecule has 0 bridgehead atoms. The molecule has 0 aliphatic rings. The Kier molecular flexibility index (Phi) is 2.86. The number of nitrogens with one attached hydrogen (secondary N) is 2. The van der Waals surface area contributed by atoms with Crippen molar-refractivity contribution in [3.63, 3.8) is 0 Å². The van der Waals surface area contributed by atoms with Crippen LogP contribution in [0.15, 0.2) is 33.5 Å². The van der Waals surface area contributed by atoms with Crippen molar-refractivity contribution in [3.05, 3.63) is 40.5 Å². The van der Waals surface area contributed by atoms with Gasteiger partial charge in [0.2, 0.25) is 0 Å². The third-order valence-corrected chi connectivity index (χ3v) is 2.26. The van der Waals surface area contributed by atoms with Crippen LogP contribution in [0.5, 0.6) is 0 Å². The lowest BCUT2D eigenvalue weighted by Gasteiger charge is -1.99. The zero-order valence-corrected chi connectivity index (χ0v) is 9.24. The highest BCUT2D eigenvalue weighted by Crippen LogP contribution is 2.10. The first-order valence-corrected chi connectivity index (χ1v) is 5.06. The fraction of sp³-hybridized carbons (Fsp3) is 0.111. The highest BCUT2D eigenvalue weighted by molar-refractivity contribution is 9.10. The van der Waals surface area contributed by atoms with E-state index in [-0.39, 0.29) is 5.91 Å². The molecule has 1 amide bonds. The van der Waals surface area contributed by atoms with Crippen molar-refractivity contribution >= 4 is 21.8 Å². The van der Waals surface area contributed by atoms with Gasteiger partial charge in [-0.05, 0) is 22.0 Å². The van der Waals surface area contributed by atoms with Crippen LogP contribution in [-0.4, -0.2) is 16.0 Å². The zero-order valence-electron chi connectivity index (χ0n) is 7.66. The number of amides is 1. The Labute approximate surface area is 94.0 Å². The minimum atomic E-state index is -0.183. The van der Waals surface area contributed by atoms with Crippen molar-refractivity contribution in [1.82, 2.24) is 15.5 Å². The molecule has 0 aromatic carbocycles. The van der Waals surface area contributed by atoms with Crippen LogP contribution >= 0.6 is 15.9 Å². The van der Waals surface area contributed by atoms with Gasteiger partial charge in [0, 0.05) is 16.7 Å². The molecular weight excluding hydrogens is 262 g/mol. The number of rotatable bonds is 3. The topological polar surface area (TPSA) is 70.9 Å². The SMILES string of the molecule is O=C(NCc1ccno1)c1cc(Br)c[nH]1. The maximum Gasteiger partial charge on any atom is 0.268 e. The number of hydrogen-bond acceptors (Lipinski definition) is 3. The normalized spacial score (nSPS) is 10.2. The van der Waals surface area contributed by atoms with Crippen LogP contribution in [0.25, 0.3) is 0 Å². The van der Waals surface area contributed by atoms with Crippen molar-refractivity contribution in [1.29, 1.82) is 0 Å². The zero-order chi connectivity index (χ0) is 10.7. The summed E-state index contributed by atoms with van der Waals surface area (Å²) < 4.78 is 5.68. The van der Waals surface area contributed by atoms with Gasteiger partial charge in [0.25, 0.3) is 5.91 Å². The van der Waals surface area contributed by atoms with E-state index in [1.165, 1.54) is 6.20 Å². The van der Waals surface area contributed by atoms with E-state index in [2.05, 4.69) is 31.4 Å². The molecule has 15 heavy (non-hydrogen) atoms. The molecule has 0 aliphatic heterocycles. The molecule has 2 heterocycles. The second-order valence-corrected chi connectivity index (χ2v) is 3.81. The van der Waals surface area contributed by atoms with Crippen LogP contribution in [0.1, 0.15) is 16.2 Å². The first-order valence-electron chi connectivity index (χ1n) is 4.27. The van der Waals surface area contributed by atoms with Gasteiger partial charge in [-0.15, -0.1) is 0 Å². The molecule has 5 nitrogen and oxygen atoms in total. The van der Waals surface area contributed by atoms with Gasteiger partial charge in [0.05, 0.1) is 12.7 Å². The van der Waals surface area contributed by atoms with E-state index >= 15 is 0 Å². The van der Waals surface area contributed by atoms with Crippen molar-refractivity contribution in [3.8, 4) is 0 Å². The summed E-state index contributed by atoms with van der Waals surface area (Å²) in [6, 6.07) is 3.40. The van der Waals surface area contributed by atoms with E-state index in [0.717, 1.165) is 4.47 Å². The number of nitrogens with zero attached hydrogens (tertiary/aromatic N) is 1. The summed E-state index contributed by atoms with van der Waals surface area (Å²) in [5, 5.41) is 6.23. The molecule has 0 spiro atoms. The van der Waals surface area contributed by atoms with E-state index in [4.69, 9.17) is 4.52 Å². The first kappa shape index (κ1) is 9.97. The molecule has 0 saturated carbocycles. The van der Waals surface area contributed by atoms with Gasteiger partial charge in [0.15, 0.2) is 5.76 Å². The van der Waals surface area contributed by atoms with E-state index in [9.17, 15) is 4.79 Å². The predicted octanol–water partition coefficient (Wildman–Crippen LogP) is 1.70. The molecule has 0 unspecified atom stereocenters. The summed E-state index contributed by atoms with van der Waals surface area (Å²) in [4.78, 5) is 14.4. The van der Waals surface area contributed by atoms with Gasteiger partial charge in [-0.1, -0.05) is 5.16 Å². The van der Waals surface area contributed by atoms with Crippen LogP contribution in [0.3, 0.4) is 0 Å². The van der Waals surface area contributed by atoms with Gasteiger partial charge < -0.3 is 14.8 Å². The number of H-pyrrole nitrogens is 1. The van der Waals surface area contributed by atoms with Crippen LogP contribution in [0.4, 0.5) is 0 Å². The molecule has 0 aliphatic carbocycles. The summed E-state index contributed by atoms with van der Waals surface area (Å²) in [6.45, 7) is 0.329. The van der Waals surface area contributed by atoms with Crippen LogP contribution < -0.4 is 5.32 Å². The predicted molar refractivity (Wildman–Crippen MR) is 56.2 cm³/mol. The van der Waals surface area contributed by atoms with Crippen molar-refractivity contribution in [2.75, 3.05) is 0 Å². The number of aromatic amines is 1. The molecule has 78 valence electrons. The molecule has 0 saturated heterocycles. The van der Waals surface area contributed by atoms with Gasteiger partial charge in [0.1, 0.15) is 5.69 Å². The molecular formula is C9H8BrN3O2. The molecule has 2 aromatic heterocycles. The molecule has 2 aromatic rings. The maximum atomic E-state index is 11.5. The lowest BCUT2D eigenvalue weighted by atomic mass is 10.4. The first-order chi connectivity index (χ1) is 7.25. The number of aromatic nitrogens is 2. The van der Waals surface area contributed by atoms with Gasteiger partial charge in [-0.3, -0.25) is 4.79 Å². The molecule has 2 N–H and O–H groups in total. The summed E-state index contributed by atoms with van der Waals surface area (Å²) in [7, 11) is 0. The van der Waals surface area contributed by atoms with Crippen molar-refractivity contribution in [2.24, 2.45) is 0 Å². The summed E-state index contributed by atoms with van der Waals surface area (Å²) in [5.41, 5.74) is 0.501. The monoisotopic (exact) mass is 269 g/mol. The quantitative estimate of drug-likeness (QED) is 0.891. The third-order valence-electron chi connectivity index (χ3n) is 1.81.